The van der Waals surface area contributed by atoms with Gasteiger partial charge in [0, 0.05) is 12.1 Å². The molecule has 4 rings (SSSR count). The van der Waals surface area contributed by atoms with Crippen molar-refractivity contribution in [2.45, 2.75) is 102 Å². The van der Waals surface area contributed by atoms with E-state index in [1.54, 1.807) is 19.3 Å². The van der Waals surface area contributed by atoms with Gasteiger partial charge in [-0.3, -0.25) is 0 Å². The predicted molar refractivity (Wildman–Crippen MR) is 89.3 cm³/mol. The third-order valence-electron chi connectivity index (χ3n) is 7.27. The van der Waals surface area contributed by atoms with Gasteiger partial charge >= 0.3 is 0 Å². The lowest BCUT2D eigenvalue weighted by molar-refractivity contribution is 0.365. The number of hydrogen-bond donors (Lipinski definition) is 1. The minimum atomic E-state index is 0.861. The molecular weight excluding hydrogens is 254 g/mol. The Labute approximate surface area is 131 Å². The lowest BCUT2D eigenvalue weighted by atomic mass is 9.97. The van der Waals surface area contributed by atoms with Crippen LogP contribution < -0.4 is 5.32 Å². The molecule has 4 fully saturated rings. The van der Waals surface area contributed by atoms with Crippen LogP contribution in [0.2, 0.25) is 0 Å². The summed E-state index contributed by atoms with van der Waals surface area (Å²) in [5, 5.41) is 4.15. The summed E-state index contributed by atoms with van der Waals surface area (Å²) in [4.78, 5) is 0. The van der Waals surface area contributed by atoms with Crippen molar-refractivity contribution in [2.24, 2.45) is 23.7 Å². The summed E-state index contributed by atoms with van der Waals surface area (Å²) in [5.74, 6) is 4.49. The monoisotopic (exact) mass is 289 g/mol. The van der Waals surface area contributed by atoms with E-state index in [2.05, 4.69) is 5.32 Å². The Hall–Kier alpha value is -0.0400. The van der Waals surface area contributed by atoms with Crippen LogP contribution >= 0.6 is 0 Å². The molecule has 4 aliphatic rings. The molecule has 4 aliphatic carbocycles. The van der Waals surface area contributed by atoms with E-state index in [9.17, 15) is 0 Å². The Kier molecular flexibility index (Phi) is 4.57. The lowest BCUT2D eigenvalue weighted by Crippen LogP contribution is -2.34. The minimum absolute atomic E-state index is 0.861. The number of rotatable bonds is 2. The number of nitrogens with one attached hydrogen (secondary N) is 1. The van der Waals surface area contributed by atoms with Gasteiger partial charge < -0.3 is 5.32 Å². The highest BCUT2D eigenvalue weighted by molar-refractivity contribution is 5.17. The van der Waals surface area contributed by atoms with Crippen LogP contribution in [0.25, 0.3) is 0 Å². The molecule has 4 saturated carbocycles. The zero-order valence-corrected chi connectivity index (χ0v) is 13.9. The standard InChI is InChI=1S/C20H35N/c1-2-4-6-8-10-17(11-9-7-5-3-1)21-20-18-15-12-13-16(14-15)19(18)20/h15-21H,1-14H2. The fraction of sp³-hybridized carbons (Fsp3) is 1.00. The summed E-state index contributed by atoms with van der Waals surface area (Å²) in [6.07, 6.45) is 21.1. The van der Waals surface area contributed by atoms with Gasteiger partial charge in [0.05, 0.1) is 0 Å². The van der Waals surface area contributed by atoms with E-state index >= 15 is 0 Å². The molecule has 120 valence electrons. The van der Waals surface area contributed by atoms with Crippen LogP contribution in [0.5, 0.6) is 0 Å². The van der Waals surface area contributed by atoms with Crippen LogP contribution in [0, 0.1) is 23.7 Å². The molecule has 0 aliphatic heterocycles. The summed E-state index contributed by atoms with van der Waals surface area (Å²) < 4.78 is 0. The fourth-order valence-corrected chi connectivity index (χ4v) is 6.15. The Morgan fingerprint density at radius 1 is 0.524 bits per heavy atom. The highest BCUT2D eigenvalue weighted by atomic mass is 15.0. The van der Waals surface area contributed by atoms with Gasteiger partial charge in [0.1, 0.15) is 0 Å². The van der Waals surface area contributed by atoms with Gasteiger partial charge in [0.2, 0.25) is 0 Å². The first-order chi connectivity index (χ1) is 10.4. The topological polar surface area (TPSA) is 12.0 Å². The molecule has 4 unspecified atom stereocenters. The highest BCUT2D eigenvalue weighted by Crippen LogP contribution is 2.65. The van der Waals surface area contributed by atoms with Crippen LogP contribution in [0.3, 0.4) is 0 Å². The molecule has 4 atom stereocenters. The van der Waals surface area contributed by atoms with Crippen molar-refractivity contribution in [3.05, 3.63) is 0 Å². The lowest BCUT2D eigenvalue weighted by Gasteiger charge is -2.21. The Morgan fingerprint density at radius 3 is 1.52 bits per heavy atom. The van der Waals surface area contributed by atoms with Gasteiger partial charge in [-0.1, -0.05) is 57.8 Å². The molecule has 0 amide bonds. The van der Waals surface area contributed by atoms with Gasteiger partial charge in [-0.2, -0.15) is 0 Å². The van der Waals surface area contributed by atoms with Gasteiger partial charge in [0.25, 0.3) is 0 Å². The van der Waals surface area contributed by atoms with Gasteiger partial charge in [-0.15, -0.1) is 0 Å². The quantitative estimate of drug-likeness (QED) is 0.728. The summed E-state index contributed by atoms with van der Waals surface area (Å²) in [5.41, 5.74) is 0. The molecule has 0 heterocycles. The molecule has 21 heavy (non-hydrogen) atoms. The summed E-state index contributed by atoms with van der Waals surface area (Å²) in [6.45, 7) is 0. The van der Waals surface area contributed by atoms with E-state index in [4.69, 9.17) is 0 Å². The summed E-state index contributed by atoms with van der Waals surface area (Å²) >= 11 is 0. The number of hydrogen-bond acceptors (Lipinski definition) is 1. The molecule has 2 bridgehead atoms. The van der Waals surface area contributed by atoms with Crippen LogP contribution in [0.15, 0.2) is 0 Å². The van der Waals surface area contributed by atoms with Crippen molar-refractivity contribution >= 4 is 0 Å². The second-order valence-corrected chi connectivity index (χ2v) is 8.64. The van der Waals surface area contributed by atoms with Crippen LogP contribution in [-0.4, -0.2) is 12.1 Å². The van der Waals surface area contributed by atoms with E-state index in [0.717, 1.165) is 35.8 Å². The maximum Gasteiger partial charge on any atom is 0.0138 e. The van der Waals surface area contributed by atoms with E-state index < -0.39 is 0 Å². The van der Waals surface area contributed by atoms with E-state index in [0.29, 0.717) is 0 Å². The molecule has 1 heteroatoms. The molecule has 0 aromatic carbocycles. The first-order valence-corrected chi connectivity index (χ1v) is 10.2. The molecule has 0 aromatic rings. The molecule has 0 radical (unpaired) electrons. The Bertz CT molecular complexity index is 311. The zero-order valence-electron chi connectivity index (χ0n) is 13.9. The third-order valence-corrected chi connectivity index (χ3v) is 7.27. The second-order valence-electron chi connectivity index (χ2n) is 8.64. The average molecular weight is 290 g/mol. The van der Waals surface area contributed by atoms with Crippen LogP contribution in [-0.2, 0) is 0 Å². The zero-order chi connectivity index (χ0) is 14.1. The first-order valence-electron chi connectivity index (χ1n) is 10.2. The third kappa shape index (κ3) is 3.19. The largest absolute Gasteiger partial charge is 0.311 e. The summed E-state index contributed by atoms with van der Waals surface area (Å²) in [6, 6.07) is 1.81. The maximum absolute atomic E-state index is 4.15. The van der Waals surface area contributed by atoms with Crippen LogP contribution in [0.1, 0.15) is 89.9 Å². The molecule has 0 aromatic heterocycles. The van der Waals surface area contributed by atoms with Gasteiger partial charge in [0.15, 0.2) is 0 Å². The van der Waals surface area contributed by atoms with E-state index in [1.807, 2.05) is 0 Å². The van der Waals surface area contributed by atoms with Gasteiger partial charge in [-0.05, 0) is 55.8 Å². The Balaban J connectivity index is 1.26. The molecule has 1 N–H and O–H groups in total. The predicted octanol–water partition coefficient (Wildman–Crippen LogP) is 5.29. The van der Waals surface area contributed by atoms with Crippen molar-refractivity contribution < 1.29 is 0 Å². The molecule has 1 nitrogen and oxygen atoms in total. The number of fused-ring (bicyclic) bond motifs is 5. The van der Waals surface area contributed by atoms with Gasteiger partial charge in [-0.25, -0.2) is 0 Å². The van der Waals surface area contributed by atoms with Crippen molar-refractivity contribution in [3.63, 3.8) is 0 Å². The van der Waals surface area contributed by atoms with Crippen molar-refractivity contribution in [2.75, 3.05) is 0 Å². The molecule has 0 spiro atoms. The normalized spacial score (nSPS) is 44.9. The van der Waals surface area contributed by atoms with Crippen molar-refractivity contribution in [1.82, 2.24) is 5.32 Å². The SMILES string of the molecule is C1CCCCCC(NC2C3C4CCC(C4)C23)CCCCC1. The fourth-order valence-electron chi connectivity index (χ4n) is 6.15. The van der Waals surface area contributed by atoms with Crippen LogP contribution in [0.4, 0.5) is 0 Å². The van der Waals surface area contributed by atoms with E-state index in [1.165, 1.54) is 70.6 Å². The summed E-state index contributed by atoms with van der Waals surface area (Å²) in [7, 11) is 0. The smallest absolute Gasteiger partial charge is 0.0138 e. The van der Waals surface area contributed by atoms with E-state index in [-0.39, 0.29) is 0 Å². The molecule has 0 saturated heterocycles. The average Bonchev–Trinajstić information content (AvgIpc) is 2.87. The Morgan fingerprint density at radius 2 is 1.00 bits per heavy atom. The second kappa shape index (κ2) is 6.60. The first kappa shape index (κ1) is 14.5. The highest BCUT2D eigenvalue weighted by Gasteiger charge is 2.64. The minimum Gasteiger partial charge on any atom is -0.311 e. The van der Waals surface area contributed by atoms with Crippen molar-refractivity contribution in [1.29, 1.82) is 0 Å². The molecular formula is C20H35N. The van der Waals surface area contributed by atoms with Crippen molar-refractivity contribution in [3.8, 4) is 0 Å². The maximum atomic E-state index is 4.15.